The lowest BCUT2D eigenvalue weighted by Gasteiger charge is -2.21. The first-order chi connectivity index (χ1) is 10.8. The van der Waals surface area contributed by atoms with E-state index in [1.54, 1.807) is 19.0 Å². The third kappa shape index (κ3) is 4.13. The number of hydrogen-bond donors (Lipinski definition) is 0. The predicted molar refractivity (Wildman–Crippen MR) is 92.4 cm³/mol. The number of carbonyl (C=O) groups excluding carboxylic acids is 1. The number of amides is 1. The van der Waals surface area contributed by atoms with Crippen molar-refractivity contribution in [2.24, 2.45) is 5.92 Å². The second-order valence-corrected chi connectivity index (χ2v) is 7.28. The van der Waals surface area contributed by atoms with E-state index in [0.717, 1.165) is 5.56 Å². The molecule has 1 aromatic carbocycles. The molecular weight excluding hydrogens is 310 g/mol. The number of thioether (sulfide) groups is 1. The van der Waals surface area contributed by atoms with Crippen LogP contribution in [-0.4, -0.2) is 40.3 Å². The highest BCUT2D eigenvalue weighted by atomic mass is 32.2. The molecule has 1 heterocycles. The SMILES string of the molecule is Cc1ccc(-c2nnc(S[C@@H](C(=O)N(C)C)C(C)C)o2)cc1C. The van der Waals surface area contributed by atoms with Gasteiger partial charge in [-0.1, -0.05) is 31.7 Å². The molecule has 6 heteroatoms. The molecule has 23 heavy (non-hydrogen) atoms. The predicted octanol–water partition coefficient (Wildman–Crippen LogP) is 3.56. The minimum absolute atomic E-state index is 0.0518. The van der Waals surface area contributed by atoms with Crippen LogP contribution < -0.4 is 0 Å². The van der Waals surface area contributed by atoms with Gasteiger partial charge in [-0.05, 0) is 43.0 Å². The van der Waals surface area contributed by atoms with Crippen LogP contribution in [0, 0.1) is 19.8 Å². The van der Waals surface area contributed by atoms with Gasteiger partial charge in [0.25, 0.3) is 5.22 Å². The summed E-state index contributed by atoms with van der Waals surface area (Å²) in [6, 6.07) is 6.03. The van der Waals surface area contributed by atoms with Gasteiger partial charge in [0, 0.05) is 19.7 Å². The number of rotatable bonds is 5. The fourth-order valence-corrected chi connectivity index (χ4v) is 3.10. The number of hydrogen-bond acceptors (Lipinski definition) is 5. The molecule has 5 nitrogen and oxygen atoms in total. The van der Waals surface area contributed by atoms with Crippen LogP contribution in [0.2, 0.25) is 0 Å². The van der Waals surface area contributed by atoms with Crippen LogP contribution in [0.5, 0.6) is 0 Å². The van der Waals surface area contributed by atoms with Crippen molar-refractivity contribution >= 4 is 17.7 Å². The fraction of sp³-hybridized carbons (Fsp3) is 0.471. The lowest BCUT2D eigenvalue weighted by atomic mass is 10.1. The Morgan fingerprint density at radius 1 is 1.17 bits per heavy atom. The van der Waals surface area contributed by atoms with Crippen LogP contribution in [0.4, 0.5) is 0 Å². The van der Waals surface area contributed by atoms with Crippen LogP contribution in [-0.2, 0) is 4.79 Å². The molecule has 0 aliphatic carbocycles. The van der Waals surface area contributed by atoms with Crippen molar-refractivity contribution in [3.05, 3.63) is 29.3 Å². The first-order valence-electron chi connectivity index (χ1n) is 7.58. The quantitative estimate of drug-likeness (QED) is 0.783. The maximum Gasteiger partial charge on any atom is 0.277 e. The van der Waals surface area contributed by atoms with E-state index in [2.05, 4.69) is 24.0 Å². The van der Waals surface area contributed by atoms with Gasteiger partial charge in [-0.15, -0.1) is 10.2 Å². The molecule has 124 valence electrons. The van der Waals surface area contributed by atoms with Crippen LogP contribution >= 0.6 is 11.8 Å². The highest BCUT2D eigenvalue weighted by molar-refractivity contribution is 8.00. The van der Waals surface area contributed by atoms with Gasteiger partial charge in [-0.3, -0.25) is 4.79 Å². The van der Waals surface area contributed by atoms with Crippen molar-refractivity contribution < 1.29 is 9.21 Å². The van der Waals surface area contributed by atoms with E-state index in [-0.39, 0.29) is 17.1 Å². The first kappa shape index (κ1) is 17.5. The Labute approximate surface area is 141 Å². The van der Waals surface area contributed by atoms with Crippen molar-refractivity contribution in [2.45, 2.75) is 38.2 Å². The number of aromatic nitrogens is 2. The van der Waals surface area contributed by atoms with Crippen LogP contribution in [0.25, 0.3) is 11.5 Å². The minimum Gasteiger partial charge on any atom is -0.411 e. The topological polar surface area (TPSA) is 59.2 Å². The van der Waals surface area contributed by atoms with E-state index in [0.29, 0.717) is 11.1 Å². The smallest absolute Gasteiger partial charge is 0.277 e. The van der Waals surface area contributed by atoms with Crippen molar-refractivity contribution in [3.63, 3.8) is 0 Å². The number of nitrogens with zero attached hydrogens (tertiary/aromatic N) is 3. The molecule has 0 saturated carbocycles. The van der Waals surface area contributed by atoms with Gasteiger partial charge in [0.1, 0.15) is 0 Å². The van der Waals surface area contributed by atoms with Gasteiger partial charge in [0.2, 0.25) is 11.8 Å². The van der Waals surface area contributed by atoms with Crippen LogP contribution in [0.15, 0.2) is 27.8 Å². The summed E-state index contributed by atoms with van der Waals surface area (Å²) in [6.07, 6.45) is 0. The number of benzene rings is 1. The van der Waals surface area contributed by atoms with Gasteiger partial charge >= 0.3 is 0 Å². The zero-order chi connectivity index (χ0) is 17.1. The number of aryl methyl sites for hydroxylation is 2. The third-order valence-corrected chi connectivity index (χ3v) is 5.04. The molecule has 2 aromatic rings. The van der Waals surface area contributed by atoms with Crippen molar-refractivity contribution in [3.8, 4) is 11.5 Å². The molecule has 1 aromatic heterocycles. The number of carbonyl (C=O) groups is 1. The second-order valence-electron chi connectivity index (χ2n) is 6.19. The highest BCUT2D eigenvalue weighted by Crippen LogP contribution is 2.30. The Morgan fingerprint density at radius 3 is 2.43 bits per heavy atom. The van der Waals surface area contributed by atoms with Crippen LogP contribution in [0.1, 0.15) is 25.0 Å². The molecular formula is C17H23N3O2S. The third-order valence-electron chi connectivity index (χ3n) is 3.68. The zero-order valence-electron chi connectivity index (χ0n) is 14.5. The van der Waals surface area contributed by atoms with Gasteiger partial charge in [-0.2, -0.15) is 0 Å². The standard InChI is InChI=1S/C17H23N3O2S/c1-10(2)14(16(21)20(5)6)23-17-19-18-15(22-17)13-8-7-11(3)12(4)9-13/h7-10,14H,1-6H3/t14-/m1/s1. The Balaban J connectivity index is 2.21. The molecule has 0 aliphatic rings. The fourth-order valence-electron chi connectivity index (χ4n) is 2.08. The molecule has 0 radical (unpaired) electrons. The van der Waals surface area contributed by atoms with Crippen LogP contribution in [0.3, 0.4) is 0 Å². The largest absolute Gasteiger partial charge is 0.411 e. The van der Waals surface area contributed by atoms with Gasteiger partial charge in [-0.25, -0.2) is 0 Å². The van der Waals surface area contributed by atoms with Crippen molar-refractivity contribution in [1.29, 1.82) is 0 Å². The molecule has 0 fully saturated rings. The summed E-state index contributed by atoms with van der Waals surface area (Å²) in [6.45, 7) is 8.14. The van der Waals surface area contributed by atoms with E-state index in [1.807, 2.05) is 32.0 Å². The molecule has 0 unspecified atom stereocenters. The summed E-state index contributed by atoms with van der Waals surface area (Å²) < 4.78 is 5.75. The highest BCUT2D eigenvalue weighted by Gasteiger charge is 2.27. The van der Waals surface area contributed by atoms with E-state index in [4.69, 9.17) is 4.42 Å². The molecule has 0 aliphatic heterocycles. The summed E-state index contributed by atoms with van der Waals surface area (Å²) in [7, 11) is 3.51. The second kappa shape index (κ2) is 7.17. The molecule has 1 amide bonds. The zero-order valence-corrected chi connectivity index (χ0v) is 15.3. The maximum absolute atomic E-state index is 12.3. The molecule has 0 spiro atoms. The molecule has 0 saturated heterocycles. The normalized spacial score (nSPS) is 12.5. The average Bonchev–Trinajstić information content (AvgIpc) is 2.95. The van der Waals surface area contributed by atoms with Crippen molar-refractivity contribution in [1.82, 2.24) is 15.1 Å². The van der Waals surface area contributed by atoms with Gasteiger partial charge in [0.05, 0.1) is 5.25 Å². The summed E-state index contributed by atoms with van der Waals surface area (Å²) in [5, 5.41) is 8.38. The van der Waals surface area contributed by atoms with Gasteiger partial charge < -0.3 is 9.32 Å². The summed E-state index contributed by atoms with van der Waals surface area (Å²) in [5.41, 5.74) is 3.30. The Kier molecular flexibility index (Phi) is 5.46. The molecule has 2 rings (SSSR count). The summed E-state index contributed by atoms with van der Waals surface area (Å²) in [4.78, 5) is 13.9. The van der Waals surface area contributed by atoms with Gasteiger partial charge in [0.15, 0.2) is 0 Å². The van der Waals surface area contributed by atoms with Crippen molar-refractivity contribution in [2.75, 3.05) is 14.1 Å². The average molecular weight is 333 g/mol. The maximum atomic E-state index is 12.3. The monoisotopic (exact) mass is 333 g/mol. The van der Waals surface area contributed by atoms with E-state index in [9.17, 15) is 4.79 Å². The first-order valence-corrected chi connectivity index (χ1v) is 8.46. The Hall–Kier alpha value is -1.82. The Morgan fingerprint density at radius 2 is 1.87 bits per heavy atom. The van der Waals surface area contributed by atoms with E-state index >= 15 is 0 Å². The molecule has 1 atom stereocenters. The summed E-state index contributed by atoms with van der Waals surface area (Å²) in [5.74, 6) is 0.707. The minimum atomic E-state index is -0.238. The lowest BCUT2D eigenvalue weighted by molar-refractivity contribution is -0.128. The van der Waals surface area contributed by atoms with E-state index < -0.39 is 0 Å². The molecule has 0 bridgehead atoms. The molecule has 0 N–H and O–H groups in total. The Bertz CT molecular complexity index is 695. The lowest BCUT2D eigenvalue weighted by Crippen LogP contribution is -2.34. The van der Waals surface area contributed by atoms with E-state index in [1.165, 1.54) is 22.9 Å². The summed E-state index contributed by atoms with van der Waals surface area (Å²) >= 11 is 1.32.